The lowest BCUT2D eigenvalue weighted by molar-refractivity contribution is 0.111. The molecule has 2 aromatic carbocycles. The van der Waals surface area contributed by atoms with Crippen LogP contribution in [0.5, 0.6) is 0 Å². The number of nitrogens with zero attached hydrogens (tertiary/aromatic N) is 5. The summed E-state index contributed by atoms with van der Waals surface area (Å²) < 4.78 is 31.8. The Morgan fingerprint density at radius 3 is 2.24 bits per heavy atom. The Labute approximate surface area is 191 Å². The van der Waals surface area contributed by atoms with E-state index in [0.29, 0.717) is 28.3 Å². The molecule has 2 N–H and O–H groups in total. The molecule has 3 aromatic heterocycles. The number of aryl methyl sites for hydroxylation is 1. The van der Waals surface area contributed by atoms with Gasteiger partial charge in [0.05, 0.1) is 10.6 Å². The third-order valence-electron chi connectivity index (χ3n) is 5.60. The number of benzene rings is 2. The molecule has 5 rings (SSSR count). The van der Waals surface area contributed by atoms with E-state index in [9.17, 15) is 5.11 Å². The van der Waals surface area contributed by atoms with E-state index in [1.54, 1.807) is 28.8 Å². The van der Waals surface area contributed by atoms with E-state index in [4.69, 9.17) is 11.6 Å². The van der Waals surface area contributed by atoms with Gasteiger partial charge >= 0.3 is 0 Å². The number of imidazole rings is 1. The molecule has 166 valence electrons. The Bertz CT molecular complexity index is 1420. The van der Waals surface area contributed by atoms with Gasteiger partial charge in [0.25, 0.3) is 0 Å². The first-order chi connectivity index (χ1) is 15.9. The number of hydrogen-bond donors (Lipinski definition) is 2. The van der Waals surface area contributed by atoms with Crippen molar-refractivity contribution >= 4 is 17.2 Å². The van der Waals surface area contributed by atoms with Crippen molar-refractivity contribution in [3.8, 4) is 11.4 Å². The van der Waals surface area contributed by atoms with Crippen molar-refractivity contribution in [3.05, 3.63) is 100.0 Å². The van der Waals surface area contributed by atoms with Crippen LogP contribution in [0.4, 0.5) is 8.78 Å². The molecule has 0 saturated heterocycles. The zero-order chi connectivity index (χ0) is 23.2. The molecule has 7 nitrogen and oxygen atoms in total. The van der Waals surface area contributed by atoms with E-state index >= 15 is 8.78 Å². The minimum atomic E-state index is -2.20. The van der Waals surface area contributed by atoms with Crippen LogP contribution in [0.15, 0.2) is 60.8 Å². The monoisotopic (exact) mass is 466 g/mol. The van der Waals surface area contributed by atoms with E-state index in [1.807, 2.05) is 6.92 Å². The van der Waals surface area contributed by atoms with Crippen molar-refractivity contribution < 1.29 is 13.9 Å². The van der Waals surface area contributed by atoms with Gasteiger partial charge in [-0.2, -0.15) is 5.21 Å². The molecule has 0 atom stereocenters. The number of hydrogen-bond acceptors (Lipinski definition) is 5. The lowest BCUT2D eigenvalue weighted by Gasteiger charge is -2.29. The first kappa shape index (κ1) is 21.2. The van der Waals surface area contributed by atoms with Crippen molar-refractivity contribution in [1.29, 1.82) is 0 Å². The van der Waals surface area contributed by atoms with Crippen LogP contribution in [-0.2, 0) is 12.0 Å². The fraction of sp³-hybridized carbons (Fsp3) is 0.130. The smallest absolute Gasteiger partial charge is 0.207 e. The molecule has 0 aliphatic rings. The number of aromatic amines is 1. The maximum atomic E-state index is 15.0. The predicted octanol–water partition coefficient (Wildman–Crippen LogP) is 4.29. The number of rotatable bonds is 5. The highest BCUT2D eigenvalue weighted by atomic mass is 35.5. The quantitative estimate of drug-likeness (QED) is 0.403. The Hall–Kier alpha value is -3.69. The summed E-state index contributed by atoms with van der Waals surface area (Å²) in [6, 6.07) is 13.0. The minimum absolute atomic E-state index is 0.0986. The predicted molar refractivity (Wildman–Crippen MR) is 118 cm³/mol. The van der Waals surface area contributed by atoms with Crippen LogP contribution < -0.4 is 0 Å². The topological polar surface area (TPSA) is 92.0 Å². The summed E-state index contributed by atoms with van der Waals surface area (Å²) in [7, 11) is 0. The second-order valence-electron chi connectivity index (χ2n) is 7.43. The van der Waals surface area contributed by atoms with E-state index < -0.39 is 17.2 Å². The lowest BCUT2D eigenvalue weighted by Crippen LogP contribution is -2.33. The number of H-pyrrole nitrogens is 1. The molecule has 10 heteroatoms. The zero-order valence-electron chi connectivity index (χ0n) is 17.3. The van der Waals surface area contributed by atoms with Crippen LogP contribution in [0.1, 0.15) is 29.4 Å². The standard InChI is InChI=1S/C23H17ClF2N6O/c1-2-19-21(27-20-11-16(24)13(12-32(19)20)22-28-30-31-29-22)23(33,14-7-3-5-9-17(14)25)15-8-4-6-10-18(15)26/h3-12,33H,2H2,1H3,(H,28,29,30,31). The van der Waals surface area contributed by atoms with E-state index in [-0.39, 0.29) is 22.6 Å². The Balaban J connectivity index is 1.86. The van der Waals surface area contributed by atoms with Crippen LogP contribution in [-0.4, -0.2) is 35.1 Å². The third kappa shape index (κ3) is 3.28. The molecule has 0 fully saturated rings. The van der Waals surface area contributed by atoms with Crippen molar-refractivity contribution in [1.82, 2.24) is 30.0 Å². The molecule has 0 aliphatic heterocycles. The summed E-state index contributed by atoms with van der Waals surface area (Å²) in [6.45, 7) is 1.86. The average molecular weight is 467 g/mol. The molecule has 33 heavy (non-hydrogen) atoms. The van der Waals surface area contributed by atoms with E-state index in [1.165, 1.54) is 36.4 Å². The zero-order valence-corrected chi connectivity index (χ0v) is 18.1. The van der Waals surface area contributed by atoms with Crippen molar-refractivity contribution in [3.63, 3.8) is 0 Å². The van der Waals surface area contributed by atoms with Gasteiger partial charge in [-0.1, -0.05) is 54.9 Å². The third-order valence-corrected chi connectivity index (χ3v) is 5.91. The van der Waals surface area contributed by atoms with Crippen LogP contribution in [0.2, 0.25) is 5.02 Å². The summed E-state index contributed by atoms with van der Waals surface area (Å²) in [4.78, 5) is 4.60. The fourth-order valence-corrected chi connectivity index (χ4v) is 4.32. The highest BCUT2D eigenvalue weighted by Crippen LogP contribution is 2.41. The SMILES string of the molecule is CCc1c(C(O)(c2ccccc2F)c2ccccc2F)nc2cc(Cl)c(-c3nn[nH]n3)cn12. The van der Waals surface area contributed by atoms with Gasteiger partial charge in [0, 0.05) is 29.1 Å². The van der Waals surface area contributed by atoms with Crippen LogP contribution in [0.25, 0.3) is 17.0 Å². The highest BCUT2D eigenvalue weighted by Gasteiger charge is 2.42. The number of fused-ring (bicyclic) bond motifs is 1. The normalized spacial score (nSPS) is 11.9. The summed E-state index contributed by atoms with van der Waals surface area (Å²) in [5.74, 6) is -1.10. The maximum absolute atomic E-state index is 15.0. The fourth-order valence-electron chi connectivity index (χ4n) is 4.09. The maximum Gasteiger partial charge on any atom is 0.207 e. The van der Waals surface area contributed by atoms with Gasteiger partial charge in [-0.3, -0.25) is 0 Å². The molecule has 0 saturated carbocycles. The summed E-state index contributed by atoms with van der Waals surface area (Å²) >= 11 is 6.44. The van der Waals surface area contributed by atoms with Gasteiger partial charge in [-0.15, -0.1) is 10.2 Å². The van der Waals surface area contributed by atoms with Crippen LogP contribution >= 0.6 is 11.6 Å². The molecule has 5 aromatic rings. The second kappa shape index (κ2) is 8.02. The Morgan fingerprint density at radius 2 is 1.70 bits per heavy atom. The molecule has 0 aliphatic carbocycles. The number of pyridine rings is 1. The largest absolute Gasteiger partial charge is 0.374 e. The molecule has 0 unspecified atom stereocenters. The average Bonchev–Trinajstić information content (AvgIpc) is 3.46. The number of aromatic nitrogens is 6. The Kier molecular flexibility index (Phi) is 5.15. The molecule has 0 amide bonds. The van der Waals surface area contributed by atoms with Gasteiger partial charge in [-0.25, -0.2) is 13.8 Å². The van der Waals surface area contributed by atoms with Crippen LogP contribution in [0.3, 0.4) is 0 Å². The van der Waals surface area contributed by atoms with Crippen LogP contribution in [0, 0.1) is 11.6 Å². The van der Waals surface area contributed by atoms with E-state index in [0.717, 1.165) is 0 Å². The summed E-state index contributed by atoms with van der Waals surface area (Å²) in [6.07, 6.45) is 2.07. The first-order valence-electron chi connectivity index (χ1n) is 10.1. The van der Waals surface area contributed by atoms with Crippen molar-refractivity contribution in [2.75, 3.05) is 0 Å². The van der Waals surface area contributed by atoms with Gasteiger partial charge in [0.1, 0.15) is 23.0 Å². The molecular weight excluding hydrogens is 450 g/mol. The molecule has 0 bridgehead atoms. The summed E-state index contributed by atoms with van der Waals surface area (Å²) in [5.41, 5.74) is -0.910. The molecule has 0 spiro atoms. The second-order valence-corrected chi connectivity index (χ2v) is 7.84. The molecule has 3 heterocycles. The van der Waals surface area contributed by atoms with E-state index in [2.05, 4.69) is 25.6 Å². The van der Waals surface area contributed by atoms with Crippen molar-refractivity contribution in [2.45, 2.75) is 18.9 Å². The molecule has 0 radical (unpaired) electrons. The van der Waals surface area contributed by atoms with Gasteiger partial charge < -0.3 is 9.51 Å². The summed E-state index contributed by atoms with van der Waals surface area (Å²) in [5, 5.41) is 26.3. The number of nitrogens with one attached hydrogen (secondary N) is 1. The number of aliphatic hydroxyl groups is 1. The lowest BCUT2D eigenvalue weighted by atomic mass is 9.81. The minimum Gasteiger partial charge on any atom is -0.374 e. The Morgan fingerprint density at radius 1 is 1.06 bits per heavy atom. The number of tetrazole rings is 1. The van der Waals surface area contributed by atoms with Gasteiger partial charge in [0.2, 0.25) is 5.82 Å². The van der Waals surface area contributed by atoms with Gasteiger partial charge in [0.15, 0.2) is 5.60 Å². The van der Waals surface area contributed by atoms with Gasteiger partial charge in [-0.05, 0) is 23.8 Å². The molecular formula is C23H17ClF2N6O. The van der Waals surface area contributed by atoms with Crippen molar-refractivity contribution in [2.24, 2.45) is 0 Å². The number of halogens is 3. The first-order valence-corrected chi connectivity index (χ1v) is 10.5. The highest BCUT2D eigenvalue weighted by molar-refractivity contribution is 6.33.